The molecule has 1 N–H and O–H groups in total. The molecule has 4 nitrogen and oxygen atoms in total. The zero-order valence-corrected chi connectivity index (χ0v) is 12.2. The summed E-state index contributed by atoms with van der Waals surface area (Å²) < 4.78 is 11.4. The third-order valence-corrected chi connectivity index (χ3v) is 3.48. The van der Waals surface area contributed by atoms with E-state index in [0.29, 0.717) is 12.0 Å². The molecule has 0 aliphatic carbocycles. The number of aromatic nitrogens is 1. The lowest BCUT2D eigenvalue weighted by molar-refractivity contribution is 0.117. The van der Waals surface area contributed by atoms with Crippen LogP contribution in [0.1, 0.15) is 38.8 Å². The number of hydrogen-bond acceptors (Lipinski definition) is 4. The van der Waals surface area contributed by atoms with Gasteiger partial charge in [0.05, 0.1) is 25.0 Å². The first-order chi connectivity index (χ1) is 9.10. The first-order valence-electron chi connectivity index (χ1n) is 7.00. The highest BCUT2D eigenvalue weighted by molar-refractivity contribution is 5.27. The molecule has 1 aliphatic rings. The molecular formula is C15H24N2O2. The monoisotopic (exact) mass is 264 g/mol. The Hall–Kier alpha value is -1.13. The van der Waals surface area contributed by atoms with E-state index in [4.69, 9.17) is 9.47 Å². The molecule has 1 fully saturated rings. The quantitative estimate of drug-likeness (QED) is 0.887. The second-order valence-electron chi connectivity index (χ2n) is 5.53. The SMILES string of the molecule is CNC(c1cncc(OC(C)C)c1)C1COC(C)C1. The highest BCUT2D eigenvalue weighted by Gasteiger charge is 2.30. The number of rotatable bonds is 5. The maximum Gasteiger partial charge on any atom is 0.138 e. The second-order valence-corrected chi connectivity index (χ2v) is 5.53. The number of ether oxygens (including phenoxy) is 2. The molecule has 0 radical (unpaired) electrons. The third kappa shape index (κ3) is 3.67. The molecule has 1 aromatic rings. The van der Waals surface area contributed by atoms with Crippen molar-refractivity contribution in [1.29, 1.82) is 0 Å². The molecule has 0 bridgehead atoms. The molecule has 0 spiro atoms. The van der Waals surface area contributed by atoms with Gasteiger partial charge in [0.25, 0.3) is 0 Å². The van der Waals surface area contributed by atoms with Gasteiger partial charge >= 0.3 is 0 Å². The van der Waals surface area contributed by atoms with Crippen LogP contribution in [0.2, 0.25) is 0 Å². The Morgan fingerprint density at radius 3 is 2.79 bits per heavy atom. The van der Waals surface area contributed by atoms with Gasteiger partial charge in [0.2, 0.25) is 0 Å². The Kier molecular flexibility index (Phi) is 4.77. The van der Waals surface area contributed by atoms with E-state index in [1.165, 1.54) is 5.56 Å². The molecule has 0 aromatic carbocycles. The fourth-order valence-electron chi connectivity index (χ4n) is 2.70. The van der Waals surface area contributed by atoms with Crippen LogP contribution in [0.15, 0.2) is 18.5 Å². The number of pyridine rings is 1. The van der Waals surface area contributed by atoms with E-state index in [1.54, 1.807) is 6.20 Å². The van der Waals surface area contributed by atoms with Crippen molar-refractivity contribution >= 4 is 0 Å². The highest BCUT2D eigenvalue weighted by atomic mass is 16.5. The minimum absolute atomic E-state index is 0.167. The topological polar surface area (TPSA) is 43.4 Å². The maximum absolute atomic E-state index is 5.71. The molecule has 19 heavy (non-hydrogen) atoms. The van der Waals surface area contributed by atoms with Crippen molar-refractivity contribution in [2.24, 2.45) is 5.92 Å². The van der Waals surface area contributed by atoms with Gasteiger partial charge in [-0.15, -0.1) is 0 Å². The van der Waals surface area contributed by atoms with Crippen LogP contribution < -0.4 is 10.1 Å². The first kappa shape index (κ1) is 14.3. The van der Waals surface area contributed by atoms with Crippen molar-refractivity contribution in [2.45, 2.75) is 45.4 Å². The van der Waals surface area contributed by atoms with Gasteiger partial charge < -0.3 is 14.8 Å². The largest absolute Gasteiger partial charge is 0.489 e. The fourth-order valence-corrected chi connectivity index (χ4v) is 2.70. The average Bonchev–Trinajstić information content (AvgIpc) is 2.76. The normalized spacial score (nSPS) is 24.7. The van der Waals surface area contributed by atoms with E-state index in [-0.39, 0.29) is 12.1 Å². The van der Waals surface area contributed by atoms with Crippen LogP contribution in [0.4, 0.5) is 0 Å². The van der Waals surface area contributed by atoms with Crippen LogP contribution in [-0.2, 0) is 4.74 Å². The van der Waals surface area contributed by atoms with E-state index in [1.807, 2.05) is 27.1 Å². The Balaban J connectivity index is 2.13. The fraction of sp³-hybridized carbons (Fsp3) is 0.667. The Labute approximate surface area is 115 Å². The zero-order valence-electron chi connectivity index (χ0n) is 12.2. The van der Waals surface area contributed by atoms with Gasteiger partial charge in [0.1, 0.15) is 5.75 Å². The number of nitrogens with zero attached hydrogens (tertiary/aromatic N) is 1. The predicted molar refractivity (Wildman–Crippen MR) is 75.3 cm³/mol. The summed E-state index contributed by atoms with van der Waals surface area (Å²) in [5.41, 5.74) is 1.17. The Morgan fingerprint density at radius 2 is 2.21 bits per heavy atom. The van der Waals surface area contributed by atoms with Crippen LogP contribution in [-0.4, -0.2) is 30.8 Å². The van der Waals surface area contributed by atoms with Crippen LogP contribution in [0.3, 0.4) is 0 Å². The summed E-state index contributed by atoms with van der Waals surface area (Å²) in [7, 11) is 1.99. The summed E-state index contributed by atoms with van der Waals surface area (Å²) in [6.45, 7) is 6.98. The van der Waals surface area contributed by atoms with Gasteiger partial charge in [0.15, 0.2) is 0 Å². The van der Waals surface area contributed by atoms with E-state index in [9.17, 15) is 0 Å². The molecule has 3 unspecified atom stereocenters. The molecule has 106 valence electrons. The summed E-state index contributed by atoms with van der Waals surface area (Å²) in [6.07, 6.45) is 5.28. The summed E-state index contributed by atoms with van der Waals surface area (Å²) in [5.74, 6) is 1.33. The van der Waals surface area contributed by atoms with Crippen molar-refractivity contribution in [3.63, 3.8) is 0 Å². The van der Waals surface area contributed by atoms with Crippen LogP contribution in [0.25, 0.3) is 0 Å². The van der Waals surface area contributed by atoms with Crippen LogP contribution in [0.5, 0.6) is 5.75 Å². The smallest absolute Gasteiger partial charge is 0.138 e. The molecule has 0 saturated carbocycles. The van der Waals surface area contributed by atoms with Crippen molar-refractivity contribution in [3.05, 3.63) is 24.0 Å². The molecule has 0 amide bonds. The number of nitrogens with one attached hydrogen (secondary N) is 1. The molecule has 1 aromatic heterocycles. The van der Waals surface area contributed by atoms with Crippen LogP contribution in [0, 0.1) is 5.92 Å². The summed E-state index contributed by atoms with van der Waals surface area (Å²) in [4.78, 5) is 4.29. The second kappa shape index (κ2) is 6.35. The van der Waals surface area contributed by atoms with Crippen molar-refractivity contribution in [1.82, 2.24) is 10.3 Å². The summed E-state index contributed by atoms with van der Waals surface area (Å²) in [5, 5.41) is 3.39. The lowest BCUT2D eigenvalue weighted by Gasteiger charge is -2.22. The minimum atomic E-state index is 0.167. The van der Waals surface area contributed by atoms with E-state index in [0.717, 1.165) is 18.8 Å². The molecular weight excluding hydrogens is 240 g/mol. The van der Waals surface area contributed by atoms with Crippen LogP contribution >= 0.6 is 0 Å². The molecule has 4 heteroatoms. The summed E-state index contributed by atoms with van der Waals surface area (Å²) >= 11 is 0. The van der Waals surface area contributed by atoms with E-state index < -0.39 is 0 Å². The zero-order chi connectivity index (χ0) is 13.8. The molecule has 2 rings (SSSR count). The lowest BCUT2D eigenvalue weighted by Crippen LogP contribution is -2.26. The van der Waals surface area contributed by atoms with Gasteiger partial charge in [-0.25, -0.2) is 0 Å². The van der Waals surface area contributed by atoms with Crippen molar-refractivity contribution < 1.29 is 9.47 Å². The lowest BCUT2D eigenvalue weighted by atomic mass is 9.92. The van der Waals surface area contributed by atoms with E-state index >= 15 is 0 Å². The molecule has 2 heterocycles. The van der Waals surface area contributed by atoms with E-state index in [2.05, 4.69) is 23.3 Å². The van der Waals surface area contributed by atoms with Gasteiger partial charge in [-0.05, 0) is 45.9 Å². The third-order valence-electron chi connectivity index (χ3n) is 3.48. The van der Waals surface area contributed by atoms with Crippen molar-refractivity contribution in [3.8, 4) is 5.75 Å². The standard InChI is InChI=1S/C15H24N2O2/c1-10(2)19-14-6-12(7-17-8-14)15(16-4)13-5-11(3)18-9-13/h6-8,10-11,13,15-16H,5,9H2,1-4H3. The van der Waals surface area contributed by atoms with Gasteiger partial charge in [-0.3, -0.25) is 4.98 Å². The van der Waals surface area contributed by atoms with Gasteiger partial charge in [0, 0.05) is 18.2 Å². The number of hydrogen-bond donors (Lipinski definition) is 1. The highest BCUT2D eigenvalue weighted by Crippen LogP contribution is 2.32. The van der Waals surface area contributed by atoms with Gasteiger partial charge in [-0.1, -0.05) is 0 Å². The molecule has 1 aliphatic heterocycles. The first-order valence-corrected chi connectivity index (χ1v) is 7.00. The Bertz CT molecular complexity index is 409. The predicted octanol–water partition coefficient (Wildman–Crippen LogP) is 2.55. The minimum Gasteiger partial charge on any atom is -0.489 e. The molecule has 3 atom stereocenters. The van der Waals surface area contributed by atoms with Gasteiger partial charge in [-0.2, -0.15) is 0 Å². The molecule has 1 saturated heterocycles. The Morgan fingerprint density at radius 1 is 1.42 bits per heavy atom. The maximum atomic E-state index is 5.71. The average molecular weight is 264 g/mol. The summed E-state index contributed by atoms with van der Waals surface area (Å²) in [6, 6.07) is 2.35. The van der Waals surface area contributed by atoms with Crippen molar-refractivity contribution in [2.75, 3.05) is 13.7 Å².